The Labute approximate surface area is 160 Å². The molecule has 0 saturated carbocycles. The van der Waals surface area contributed by atoms with Crippen LogP contribution in [0.2, 0.25) is 0 Å². The van der Waals surface area contributed by atoms with Gasteiger partial charge >= 0.3 is 0 Å². The molecule has 3 aromatic rings. The van der Waals surface area contributed by atoms with Crippen LogP contribution >= 0.6 is 0 Å². The number of rotatable bonds is 1. The van der Waals surface area contributed by atoms with E-state index in [4.69, 9.17) is 4.74 Å². The summed E-state index contributed by atoms with van der Waals surface area (Å²) in [7, 11) is 2.23. The zero-order valence-electron chi connectivity index (χ0n) is 16.4. The molecular weight excluding hydrogens is 334 g/mol. The molecule has 5 rings (SSSR count). The summed E-state index contributed by atoms with van der Waals surface area (Å²) in [4.78, 5) is 6.62. The maximum absolute atomic E-state index is 6.53. The van der Waals surface area contributed by atoms with Crippen LogP contribution < -0.4 is 0 Å². The summed E-state index contributed by atoms with van der Waals surface area (Å²) in [5, 5.41) is 1.45. The van der Waals surface area contributed by atoms with Crippen molar-refractivity contribution >= 4 is 10.9 Å². The second-order valence-electron chi connectivity index (χ2n) is 8.26. The van der Waals surface area contributed by atoms with Crippen LogP contribution in [0.15, 0.2) is 36.7 Å². The third-order valence-electron chi connectivity index (χ3n) is 6.09. The first-order valence-corrected chi connectivity index (χ1v) is 9.97. The molecule has 0 saturated heterocycles. The molecule has 27 heavy (non-hydrogen) atoms. The van der Waals surface area contributed by atoms with Crippen molar-refractivity contribution in [2.45, 2.75) is 52.0 Å². The first-order valence-electron chi connectivity index (χ1n) is 9.97. The van der Waals surface area contributed by atoms with Gasteiger partial charge in [-0.3, -0.25) is 4.98 Å². The third-order valence-corrected chi connectivity index (χ3v) is 6.09. The molecule has 0 N–H and O–H groups in total. The molecule has 1 aromatic carbocycles. The molecule has 140 valence electrons. The number of likely N-dealkylation sites (N-methyl/N-ethyl adjacent to an activating group) is 1. The van der Waals surface area contributed by atoms with Crippen molar-refractivity contribution in [1.29, 1.82) is 0 Å². The molecule has 0 fully saturated rings. The number of aromatic nitrogens is 2. The maximum atomic E-state index is 6.53. The molecule has 2 aromatic heterocycles. The first-order chi connectivity index (χ1) is 13.1. The van der Waals surface area contributed by atoms with Crippen LogP contribution in [0.5, 0.6) is 0 Å². The van der Waals surface area contributed by atoms with Gasteiger partial charge in [0.25, 0.3) is 0 Å². The summed E-state index contributed by atoms with van der Waals surface area (Å²) < 4.78 is 9.10. The van der Waals surface area contributed by atoms with Gasteiger partial charge in [0.05, 0.1) is 18.2 Å². The molecule has 2 aliphatic heterocycles. The van der Waals surface area contributed by atoms with E-state index in [1.165, 1.54) is 38.9 Å². The van der Waals surface area contributed by atoms with Crippen LogP contribution in [-0.4, -0.2) is 34.1 Å². The fourth-order valence-corrected chi connectivity index (χ4v) is 4.93. The SMILES string of the molecule is Cc1cc2c3c(c1)c1c(n3CC(c3ccncc3)OC(C)C2)CCN(C)C1. The summed E-state index contributed by atoms with van der Waals surface area (Å²) in [5.41, 5.74) is 8.47. The number of hydrogen-bond acceptors (Lipinski definition) is 3. The summed E-state index contributed by atoms with van der Waals surface area (Å²) in [6, 6.07) is 8.94. The maximum Gasteiger partial charge on any atom is 0.101 e. The van der Waals surface area contributed by atoms with Gasteiger partial charge in [-0.15, -0.1) is 0 Å². The van der Waals surface area contributed by atoms with E-state index in [-0.39, 0.29) is 12.2 Å². The summed E-state index contributed by atoms with van der Waals surface area (Å²) >= 11 is 0. The van der Waals surface area contributed by atoms with Gasteiger partial charge in [0.15, 0.2) is 0 Å². The number of hydrogen-bond donors (Lipinski definition) is 0. The second kappa shape index (κ2) is 6.47. The van der Waals surface area contributed by atoms with E-state index < -0.39 is 0 Å². The highest BCUT2D eigenvalue weighted by atomic mass is 16.5. The minimum absolute atomic E-state index is 0.0665. The van der Waals surface area contributed by atoms with Crippen LogP contribution in [0.25, 0.3) is 10.9 Å². The largest absolute Gasteiger partial charge is 0.368 e. The third kappa shape index (κ3) is 2.88. The number of aryl methyl sites for hydroxylation is 1. The average Bonchev–Trinajstić information content (AvgIpc) is 2.93. The minimum atomic E-state index is 0.0665. The molecule has 2 unspecified atom stereocenters. The van der Waals surface area contributed by atoms with Crippen molar-refractivity contribution in [2.24, 2.45) is 0 Å². The molecule has 0 aliphatic carbocycles. The van der Waals surface area contributed by atoms with Crippen LogP contribution in [0.4, 0.5) is 0 Å². The molecule has 0 radical (unpaired) electrons. The van der Waals surface area contributed by atoms with E-state index in [9.17, 15) is 0 Å². The van der Waals surface area contributed by atoms with Crippen molar-refractivity contribution in [3.63, 3.8) is 0 Å². The molecule has 0 amide bonds. The lowest BCUT2D eigenvalue weighted by molar-refractivity contribution is -0.0142. The number of nitrogens with zero attached hydrogens (tertiary/aromatic N) is 3. The molecular formula is C23H27N3O. The van der Waals surface area contributed by atoms with Gasteiger partial charge in [0.2, 0.25) is 0 Å². The van der Waals surface area contributed by atoms with Gasteiger partial charge < -0.3 is 14.2 Å². The first kappa shape index (κ1) is 17.0. The van der Waals surface area contributed by atoms with Crippen molar-refractivity contribution in [3.05, 3.63) is 64.6 Å². The fraction of sp³-hybridized carbons (Fsp3) is 0.435. The quantitative estimate of drug-likeness (QED) is 0.655. The fourth-order valence-electron chi connectivity index (χ4n) is 4.93. The molecule has 4 heterocycles. The molecule has 0 bridgehead atoms. The van der Waals surface area contributed by atoms with Crippen LogP contribution in [0.1, 0.15) is 41.0 Å². The van der Waals surface area contributed by atoms with E-state index in [1.807, 2.05) is 12.4 Å². The van der Waals surface area contributed by atoms with Crippen molar-refractivity contribution in [3.8, 4) is 0 Å². The van der Waals surface area contributed by atoms with Gasteiger partial charge in [-0.2, -0.15) is 0 Å². The number of ether oxygens (including phenoxy) is 1. The molecule has 4 heteroatoms. The van der Waals surface area contributed by atoms with Gasteiger partial charge in [-0.25, -0.2) is 0 Å². The summed E-state index contributed by atoms with van der Waals surface area (Å²) in [6.07, 6.45) is 6.06. The highest BCUT2D eigenvalue weighted by molar-refractivity contribution is 5.89. The Balaban J connectivity index is 1.73. The monoisotopic (exact) mass is 361 g/mol. The molecule has 0 spiro atoms. The normalized spacial score (nSPS) is 23.1. The van der Waals surface area contributed by atoms with Crippen molar-refractivity contribution in [2.75, 3.05) is 13.6 Å². The van der Waals surface area contributed by atoms with E-state index in [1.54, 1.807) is 0 Å². The van der Waals surface area contributed by atoms with Crippen LogP contribution in [-0.2, 0) is 30.7 Å². The molecule has 4 nitrogen and oxygen atoms in total. The average molecular weight is 361 g/mol. The van der Waals surface area contributed by atoms with Gasteiger partial charge in [0, 0.05) is 49.4 Å². The number of pyridine rings is 1. The lowest BCUT2D eigenvalue weighted by atomic mass is 9.98. The van der Waals surface area contributed by atoms with Crippen molar-refractivity contribution < 1.29 is 4.74 Å². The summed E-state index contributed by atoms with van der Waals surface area (Å²) in [5.74, 6) is 0. The zero-order chi connectivity index (χ0) is 18.5. The van der Waals surface area contributed by atoms with Crippen LogP contribution in [0, 0.1) is 6.92 Å². The van der Waals surface area contributed by atoms with Gasteiger partial charge in [-0.05, 0) is 55.8 Å². The van der Waals surface area contributed by atoms with Gasteiger partial charge in [-0.1, -0.05) is 11.6 Å². The topological polar surface area (TPSA) is 30.3 Å². The van der Waals surface area contributed by atoms with Crippen molar-refractivity contribution in [1.82, 2.24) is 14.5 Å². The Morgan fingerprint density at radius 1 is 1.19 bits per heavy atom. The standard InChI is InChI=1S/C23H27N3O/c1-15-10-18-12-16(2)27-22(17-4-7-24-8-5-17)14-26-21-6-9-25(3)13-20(21)19(11-15)23(18)26/h4-5,7-8,10-11,16,22H,6,9,12-14H2,1-3H3. The van der Waals surface area contributed by atoms with Crippen LogP contribution in [0.3, 0.4) is 0 Å². The Morgan fingerprint density at radius 3 is 2.81 bits per heavy atom. The summed E-state index contributed by atoms with van der Waals surface area (Å²) in [6.45, 7) is 7.46. The number of benzene rings is 1. The highest BCUT2D eigenvalue weighted by Gasteiger charge is 2.29. The predicted octanol–water partition coefficient (Wildman–Crippen LogP) is 4.04. The lowest BCUT2D eigenvalue weighted by Crippen LogP contribution is -2.29. The highest BCUT2D eigenvalue weighted by Crippen LogP contribution is 2.37. The van der Waals surface area contributed by atoms with E-state index in [2.05, 4.69) is 59.6 Å². The van der Waals surface area contributed by atoms with E-state index in [0.717, 1.165) is 32.5 Å². The Bertz CT molecular complexity index is 992. The van der Waals surface area contributed by atoms with E-state index >= 15 is 0 Å². The second-order valence-corrected chi connectivity index (χ2v) is 8.26. The zero-order valence-corrected chi connectivity index (χ0v) is 16.4. The Kier molecular flexibility index (Phi) is 4.06. The van der Waals surface area contributed by atoms with E-state index in [0.29, 0.717) is 0 Å². The van der Waals surface area contributed by atoms with Gasteiger partial charge in [0.1, 0.15) is 6.10 Å². The smallest absolute Gasteiger partial charge is 0.101 e. The Morgan fingerprint density at radius 2 is 2.00 bits per heavy atom. The molecule has 2 atom stereocenters. The lowest BCUT2D eigenvalue weighted by Gasteiger charge is -2.29. The number of fused-ring (bicyclic) bond motifs is 3. The predicted molar refractivity (Wildman–Crippen MR) is 108 cm³/mol. The molecule has 2 aliphatic rings. The Hall–Kier alpha value is -2.17. The minimum Gasteiger partial charge on any atom is -0.368 e.